The van der Waals surface area contributed by atoms with Gasteiger partial charge in [-0.15, -0.1) is 0 Å². The fraction of sp³-hybridized carbons (Fsp3) is 0.172. The molecule has 0 saturated carbocycles. The number of hydrogen-bond acceptors (Lipinski definition) is 0. The second kappa shape index (κ2) is 6.24. The molecule has 0 N–H and O–H groups in total. The highest BCUT2D eigenvalue weighted by atomic mass is 15.0. The Kier molecular flexibility index (Phi) is 3.68. The summed E-state index contributed by atoms with van der Waals surface area (Å²) in [5, 5.41) is 5.30. The molecule has 0 atom stereocenters. The van der Waals surface area contributed by atoms with Crippen LogP contribution in [0.5, 0.6) is 0 Å². The van der Waals surface area contributed by atoms with E-state index in [1.165, 1.54) is 71.6 Å². The van der Waals surface area contributed by atoms with E-state index < -0.39 is 0 Å². The first kappa shape index (κ1) is 18.3. The molecule has 0 saturated heterocycles. The molecule has 2 nitrogen and oxygen atoms in total. The molecule has 0 aliphatic rings. The molecule has 0 fully saturated rings. The van der Waals surface area contributed by atoms with Gasteiger partial charge in [-0.2, -0.15) is 0 Å². The number of aryl methyl sites for hydroxylation is 5. The normalized spacial score (nSPS) is 12.0. The van der Waals surface area contributed by atoms with Crippen LogP contribution in [0.4, 0.5) is 0 Å². The zero-order valence-electron chi connectivity index (χ0n) is 18.7. The van der Waals surface area contributed by atoms with Gasteiger partial charge in [0.25, 0.3) is 0 Å². The minimum Gasteiger partial charge on any atom is -0.344 e. The van der Waals surface area contributed by atoms with E-state index in [9.17, 15) is 0 Å². The first-order valence-electron chi connectivity index (χ1n) is 10.9. The highest BCUT2D eigenvalue weighted by Gasteiger charge is 2.17. The summed E-state index contributed by atoms with van der Waals surface area (Å²) in [6, 6.07) is 25.1. The molecule has 2 heteroatoms. The molecule has 6 aromatic rings. The van der Waals surface area contributed by atoms with Gasteiger partial charge in [-0.25, -0.2) is 0 Å². The zero-order chi connectivity index (χ0) is 21.4. The number of benzene rings is 4. The molecule has 4 aromatic carbocycles. The Balaban J connectivity index is 1.85. The highest BCUT2D eigenvalue weighted by Crippen LogP contribution is 2.39. The fourth-order valence-corrected chi connectivity index (χ4v) is 5.27. The number of fused-ring (bicyclic) bond motifs is 6. The van der Waals surface area contributed by atoms with Crippen LogP contribution in [-0.4, -0.2) is 9.13 Å². The molecule has 0 radical (unpaired) electrons. The summed E-state index contributed by atoms with van der Waals surface area (Å²) in [5.41, 5.74) is 11.5. The van der Waals surface area contributed by atoms with Crippen molar-refractivity contribution in [3.8, 4) is 5.69 Å². The van der Waals surface area contributed by atoms with Gasteiger partial charge >= 0.3 is 0 Å². The second-order valence-electron chi connectivity index (χ2n) is 9.11. The molecule has 2 heterocycles. The van der Waals surface area contributed by atoms with E-state index in [1.54, 1.807) is 0 Å². The Morgan fingerprint density at radius 1 is 0.484 bits per heavy atom. The van der Waals surface area contributed by atoms with Gasteiger partial charge in [0, 0.05) is 39.8 Å². The van der Waals surface area contributed by atoms with Gasteiger partial charge < -0.3 is 9.13 Å². The Morgan fingerprint density at radius 2 is 1.03 bits per heavy atom. The van der Waals surface area contributed by atoms with Crippen LogP contribution in [-0.2, 0) is 7.05 Å². The average molecular weight is 403 g/mol. The monoisotopic (exact) mass is 402 g/mol. The summed E-state index contributed by atoms with van der Waals surface area (Å²) < 4.78 is 4.78. The van der Waals surface area contributed by atoms with Crippen LogP contribution in [0.1, 0.15) is 22.3 Å². The summed E-state index contributed by atoms with van der Waals surface area (Å²) in [6.45, 7) is 8.73. The van der Waals surface area contributed by atoms with E-state index in [1.807, 2.05) is 0 Å². The molecule has 152 valence electrons. The topological polar surface area (TPSA) is 9.86 Å². The van der Waals surface area contributed by atoms with Crippen molar-refractivity contribution in [1.82, 2.24) is 9.13 Å². The third-order valence-electron chi connectivity index (χ3n) is 6.80. The molecule has 0 bridgehead atoms. The lowest BCUT2D eigenvalue weighted by atomic mass is 10.1. The number of nitrogens with zero attached hydrogens (tertiary/aromatic N) is 2. The molecule has 0 spiro atoms. The molecule has 0 unspecified atom stereocenters. The van der Waals surface area contributed by atoms with Crippen LogP contribution in [0.15, 0.2) is 66.7 Å². The van der Waals surface area contributed by atoms with Crippen LogP contribution in [0.25, 0.3) is 49.3 Å². The standard InChI is InChI=1S/C29H26N2/c1-17-6-9-25(20(4)12-17)31-27-11-8-19(3)14-22(27)24-15-23-21-13-18(2)7-10-26(21)30(5)28(23)16-29(24)31/h6-16H,1-5H3. The maximum Gasteiger partial charge on any atom is 0.0562 e. The summed E-state index contributed by atoms with van der Waals surface area (Å²) in [5.74, 6) is 0. The third-order valence-corrected chi connectivity index (χ3v) is 6.80. The van der Waals surface area contributed by atoms with Crippen molar-refractivity contribution >= 4 is 43.6 Å². The lowest BCUT2D eigenvalue weighted by Crippen LogP contribution is -1.97. The highest BCUT2D eigenvalue weighted by molar-refractivity contribution is 6.18. The Bertz CT molecular complexity index is 1670. The predicted octanol–water partition coefficient (Wildman–Crippen LogP) is 7.66. The fourth-order valence-electron chi connectivity index (χ4n) is 5.27. The summed E-state index contributed by atoms with van der Waals surface area (Å²) in [6.07, 6.45) is 0. The Hall–Kier alpha value is -3.52. The van der Waals surface area contributed by atoms with Crippen molar-refractivity contribution < 1.29 is 0 Å². The number of hydrogen-bond donors (Lipinski definition) is 0. The molecule has 0 amide bonds. The van der Waals surface area contributed by atoms with Crippen molar-refractivity contribution in [2.24, 2.45) is 7.05 Å². The molecule has 31 heavy (non-hydrogen) atoms. The first-order chi connectivity index (χ1) is 14.9. The van der Waals surface area contributed by atoms with Crippen LogP contribution >= 0.6 is 0 Å². The van der Waals surface area contributed by atoms with Gasteiger partial charge in [-0.3, -0.25) is 0 Å². The Labute approximate surface area is 182 Å². The van der Waals surface area contributed by atoms with Gasteiger partial charge in [0.2, 0.25) is 0 Å². The van der Waals surface area contributed by atoms with E-state index in [4.69, 9.17) is 0 Å². The largest absolute Gasteiger partial charge is 0.344 e. The molecular formula is C29H26N2. The first-order valence-corrected chi connectivity index (χ1v) is 10.9. The average Bonchev–Trinajstić information content (AvgIpc) is 3.19. The van der Waals surface area contributed by atoms with Crippen molar-refractivity contribution in [2.75, 3.05) is 0 Å². The van der Waals surface area contributed by atoms with Crippen LogP contribution < -0.4 is 0 Å². The smallest absolute Gasteiger partial charge is 0.0562 e. The minimum absolute atomic E-state index is 1.25. The predicted molar refractivity (Wildman–Crippen MR) is 134 cm³/mol. The van der Waals surface area contributed by atoms with E-state index in [-0.39, 0.29) is 0 Å². The zero-order valence-corrected chi connectivity index (χ0v) is 18.7. The van der Waals surface area contributed by atoms with Gasteiger partial charge in [0.1, 0.15) is 0 Å². The van der Waals surface area contributed by atoms with Gasteiger partial charge in [-0.05, 0) is 75.7 Å². The maximum absolute atomic E-state index is 2.45. The summed E-state index contributed by atoms with van der Waals surface area (Å²) >= 11 is 0. The molecule has 0 aliphatic heterocycles. The van der Waals surface area contributed by atoms with Crippen molar-refractivity contribution in [1.29, 1.82) is 0 Å². The van der Waals surface area contributed by atoms with Crippen molar-refractivity contribution in [2.45, 2.75) is 27.7 Å². The molecule has 0 aliphatic carbocycles. The second-order valence-corrected chi connectivity index (χ2v) is 9.11. The van der Waals surface area contributed by atoms with Crippen LogP contribution in [0.3, 0.4) is 0 Å². The number of rotatable bonds is 1. The maximum atomic E-state index is 2.45. The van der Waals surface area contributed by atoms with E-state index in [2.05, 4.69) is 111 Å². The minimum atomic E-state index is 1.25. The van der Waals surface area contributed by atoms with Gasteiger partial charge in [0.05, 0.1) is 16.6 Å². The number of aromatic nitrogens is 2. The summed E-state index contributed by atoms with van der Waals surface area (Å²) in [7, 11) is 2.18. The van der Waals surface area contributed by atoms with E-state index >= 15 is 0 Å². The van der Waals surface area contributed by atoms with Crippen LogP contribution in [0.2, 0.25) is 0 Å². The summed E-state index contributed by atoms with van der Waals surface area (Å²) in [4.78, 5) is 0. The van der Waals surface area contributed by atoms with Gasteiger partial charge in [-0.1, -0.05) is 41.0 Å². The van der Waals surface area contributed by atoms with Crippen LogP contribution in [0, 0.1) is 27.7 Å². The SMILES string of the molecule is Cc1ccc(-n2c3ccc(C)cc3c3cc4c5cc(C)ccc5n(C)c4cc32)c(C)c1. The molecular weight excluding hydrogens is 376 g/mol. The lowest BCUT2D eigenvalue weighted by Gasteiger charge is -2.12. The van der Waals surface area contributed by atoms with E-state index in [0.29, 0.717) is 0 Å². The van der Waals surface area contributed by atoms with Gasteiger partial charge in [0.15, 0.2) is 0 Å². The molecule has 2 aromatic heterocycles. The third kappa shape index (κ3) is 2.51. The molecule has 6 rings (SSSR count). The lowest BCUT2D eigenvalue weighted by molar-refractivity contribution is 1.01. The quantitative estimate of drug-likeness (QED) is 0.267. The Morgan fingerprint density at radius 3 is 1.74 bits per heavy atom. The van der Waals surface area contributed by atoms with Crippen molar-refractivity contribution in [3.05, 3.63) is 89.0 Å². The van der Waals surface area contributed by atoms with E-state index in [0.717, 1.165) is 0 Å². The van der Waals surface area contributed by atoms with Crippen molar-refractivity contribution in [3.63, 3.8) is 0 Å².